The van der Waals surface area contributed by atoms with Gasteiger partial charge in [0.05, 0.1) is 16.7 Å². The summed E-state index contributed by atoms with van der Waals surface area (Å²) in [6.45, 7) is 6.80. The second kappa shape index (κ2) is 12.4. The highest BCUT2D eigenvalue weighted by atomic mass is 16.3. The summed E-state index contributed by atoms with van der Waals surface area (Å²) in [4.78, 5) is 15.5. The van der Waals surface area contributed by atoms with Gasteiger partial charge in [0.15, 0.2) is 17.5 Å². The molecule has 0 radical (unpaired) electrons. The van der Waals surface area contributed by atoms with Crippen molar-refractivity contribution >= 4 is 43.7 Å². The van der Waals surface area contributed by atoms with Crippen LogP contribution in [0.2, 0.25) is 0 Å². The normalized spacial score (nSPS) is 12.0. The first-order chi connectivity index (χ1) is 26.4. The minimum absolute atomic E-state index is 0.0121. The van der Waals surface area contributed by atoms with E-state index in [9.17, 15) is 0 Å². The van der Waals surface area contributed by atoms with Crippen molar-refractivity contribution in [2.24, 2.45) is 0 Å². The van der Waals surface area contributed by atoms with Crippen LogP contribution in [0.25, 0.3) is 94.7 Å². The van der Waals surface area contributed by atoms with Crippen molar-refractivity contribution in [2.75, 3.05) is 0 Å². The van der Waals surface area contributed by atoms with Crippen LogP contribution < -0.4 is 0 Å². The molecule has 54 heavy (non-hydrogen) atoms. The van der Waals surface area contributed by atoms with E-state index in [1.165, 1.54) is 16.3 Å². The molecule has 0 atom stereocenters. The molecule has 0 spiro atoms. The standard InChI is InChI=1S/C49H36N4O/c1-49(2,3)35-24-26-42-38(30-35)36-18-10-12-20-41(36)53(42)43-25-22-33(34-23-27-45-39(28-34)37-19-11-13-21-44(37)54-45)29-40(43)48-51-46(31-14-6-4-7-15-31)50-47(52-48)32-16-8-5-9-17-32/h4-30H,1-3H3. The quantitative estimate of drug-likeness (QED) is 0.180. The Hall–Kier alpha value is -6.85. The van der Waals surface area contributed by atoms with Crippen molar-refractivity contribution in [3.63, 3.8) is 0 Å². The fraction of sp³-hybridized carbons (Fsp3) is 0.0816. The van der Waals surface area contributed by atoms with Crippen LogP contribution >= 0.6 is 0 Å². The molecular weight excluding hydrogens is 661 g/mol. The first-order valence-corrected chi connectivity index (χ1v) is 18.4. The van der Waals surface area contributed by atoms with Crippen LogP contribution in [0, 0.1) is 0 Å². The highest BCUT2D eigenvalue weighted by Gasteiger charge is 2.22. The third-order valence-corrected chi connectivity index (χ3v) is 10.4. The van der Waals surface area contributed by atoms with Gasteiger partial charge in [0, 0.05) is 38.2 Å². The molecule has 10 aromatic rings. The van der Waals surface area contributed by atoms with Crippen LogP contribution in [0.3, 0.4) is 0 Å². The lowest BCUT2D eigenvalue weighted by atomic mass is 9.86. The SMILES string of the molecule is CC(C)(C)c1ccc2c(c1)c1ccccc1n2-c1ccc(-c2ccc3oc4ccccc4c3c2)cc1-c1nc(-c2ccccc2)nc(-c2ccccc2)n1. The average molecular weight is 697 g/mol. The number of para-hydroxylation sites is 2. The molecule has 3 heterocycles. The van der Waals surface area contributed by atoms with Gasteiger partial charge in [-0.3, -0.25) is 0 Å². The fourth-order valence-corrected chi connectivity index (χ4v) is 7.62. The van der Waals surface area contributed by atoms with Gasteiger partial charge in [-0.1, -0.05) is 136 Å². The molecule has 0 N–H and O–H groups in total. The van der Waals surface area contributed by atoms with Crippen molar-refractivity contribution in [1.29, 1.82) is 0 Å². The summed E-state index contributed by atoms with van der Waals surface area (Å²) in [6.07, 6.45) is 0. The van der Waals surface area contributed by atoms with Gasteiger partial charge in [-0.15, -0.1) is 0 Å². The van der Waals surface area contributed by atoms with E-state index in [0.717, 1.165) is 66.5 Å². The monoisotopic (exact) mass is 696 g/mol. The number of hydrogen-bond donors (Lipinski definition) is 0. The lowest BCUT2D eigenvalue weighted by molar-refractivity contribution is 0.591. The minimum Gasteiger partial charge on any atom is -0.456 e. The maximum atomic E-state index is 6.20. The highest BCUT2D eigenvalue weighted by Crippen LogP contribution is 2.40. The Morgan fingerprint density at radius 3 is 1.72 bits per heavy atom. The van der Waals surface area contributed by atoms with Crippen LogP contribution in [0.5, 0.6) is 0 Å². The van der Waals surface area contributed by atoms with E-state index in [4.69, 9.17) is 19.4 Å². The Labute approximate surface area is 313 Å². The third kappa shape index (κ3) is 5.36. The van der Waals surface area contributed by atoms with Crippen LogP contribution in [0.1, 0.15) is 26.3 Å². The summed E-state index contributed by atoms with van der Waals surface area (Å²) in [7, 11) is 0. The van der Waals surface area contributed by atoms with Crippen LogP contribution in [0.4, 0.5) is 0 Å². The first kappa shape index (κ1) is 31.9. The summed E-state index contributed by atoms with van der Waals surface area (Å²) in [5.74, 6) is 1.85. The summed E-state index contributed by atoms with van der Waals surface area (Å²) in [5, 5.41) is 4.61. The van der Waals surface area contributed by atoms with Crippen molar-refractivity contribution in [1.82, 2.24) is 19.5 Å². The summed E-state index contributed by atoms with van der Waals surface area (Å²) in [6, 6.07) is 57.2. The predicted molar refractivity (Wildman–Crippen MR) is 222 cm³/mol. The van der Waals surface area contributed by atoms with Crippen molar-refractivity contribution in [2.45, 2.75) is 26.2 Å². The largest absolute Gasteiger partial charge is 0.456 e. The van der Waals surface area contributed by atoms with E-state index in [0.29, 0.717) is 17.5 Å². The van der Waals surface area contributed by atoms with Crippen LogP contribution in [-0.2, 0) is 5.41 Å². The van der Waals surface area contributed by atoms with Gasteiger partial charge in [-0.25, -0.2) is 15.0 Å². The fourth-order valence-electron chi connectivity index (χ4n) is 7.62. The Bertz CT molecular complexity index is 2970. The maximum absolute atomic E-state index is 6.20. The molecule has 258 valence electrons. The molecule has 0 aliphatic carbocycles. The molecule has 3 aromatic heterocycles. The van der Waals surface area contributed by atoms with Crippen molar-refractivity contribution in [3.05, 3.63) is 169 Å². The molecule has 5 heteroatoms. The predicted octanol–water partition coefficient (Wildman–Crippen LogP) is 12.8. The van der Waals surface area contributed by atoms with Gasteiger partial charge >= 0.3 is 0 Å². The lowest BCUT2D eigenvalue weighted by Gasteiger charge is -2.19. The summed E-state index contributed by atoms with van der Waals surface area (Å²) in [5.41, 5.74) is 11.2. The van der Waals surface area contributed by atoms with Gasteiger partial charge in [-0.2, -0.15) is 0 Å². The number of nitrogens with zero attached hydrogens (tertiary/aromatic N) is 4. The van der Waals surface area contributed by atoms with E-state index in [1.807, 2.05) is 48.5 Å². The minimum atomic E-state index is 0.0121. The Balaban J connectivity index is 1.27. The molecule has 0 saturated heterocycles. The maximum Gasteiger partial charge on any atom is 0.166 e. The lowest BCUT2D eigenvalue weighted by Crippen LogP contribution is -2.10. The van der Waals surface area contributed by atoms with Gasteiger partial charge in [-0.05, 0) is 70.6 Å². The number of furan rings is 1. The zero-order chi connectivity index (χ0) is 36.4. The van der Waals surface area contributed by atoms with Crippen LogP contribution in [0.15, 0.2) is 168 Å². The van der Waals surface area contributed by atoms with Gasteiger partial charge in [0.25, 0.3) is 0 Å². The van der Waals surface area contributed by atoms with E-state index < -0.39 is 0 Å². The third-order valence-electron chi connectivity index (χ3n) is 10.4. The Morgan fingerprint density at radius 1 is 0.426 bits per heavy atom. The van der Waals surface area contributed by atoms with E-state index in [-0.39, 0.29) is 5.41 Å². The second-order valence-electron chi connectivity index (χ2n) is 14.9. The Morgan fingerprint density at radius 2 is 1.00 bits per heavy atom. The molecule has 7 aromatic carbocycles. The van der Waals surface area contributed by atoms with Gasteiger partial charge in [0.1, 0.15) is 11.2 Å². The average Bonchev–Trinajstić information content (AvgIpc) is 3.76. The van der Waals surface area contributed by atoms with Gasteiger partial charge < -0.3 is 8.98 Å². The smallest absolute Gasteiger partial charge is 0.166 e. The molecule has 0 aliphatic heterocycles. The summed E-state index contributed by atoms with van der Waals surface area (Å²) < 4.78 is 8.57. The Kier molecular flexibility index (Phi) is 7.31. The number of aromatic nitrogens is 4. The van der Waals surface area contributed by atoms with E-state index in [2.05, 4.69) is 141 Å². The van der Waals surface area contributed by atoms with E-state index >= 15 is 0 Å². The molecule has 0 aliphatic rings. The molecule has 0 fully saturated rings. The number of benzene rings is 7. The zero-order valence-electron chi connectivity index (χ0n) is 30.3. The second-order valence-corrected chi connectivity index (χ2v) is 14.9. The summed E-state index contributed by atoms with van der Waals surface area (Å²) >= 11 is 0. The molecule has 5 nitrogen and oxygen atoms in total. The molecule has 10 rings (SSSR count). The molecule has 0 unspecified atom stereocenters. The molecule has 0 bridgehead atoms. The number of fused-ring (bicyclic) bond motifs is 6. The van der Waals surface area contributed by atoms with E-state index in [1.54, 1.807) is 0 Å². The van der Waals surface area contributed by atoms with Crippen molar-refractivity contribution in [3.8, 4) is 51.0 Å². The topological polar surface area (TPSA) is 56.7 Å². The van der Waals surface area contributed by atoms with Gasteiger partial charge in [0.2, 0.25) is 0 Å². The number of hydrogen-bond acceptors (Lipinski definition) is 4. The molecule has 0 saturated carbocycles. The molecule has 0 amide bonds. The van der Waals surface area contributed by atoms with Crippen LogP contribution in [-0.4, -0.2) is 19.5 Å². The highest BCUT2D eigenvalue weighted by molar-refractivity contribution is 6.10. The molecular formula is C49H36N4O. The van der Waals surface area contributed by atoms with Crippen molar-refractivity contribution < 1.29 is 4.42 Å². The number of rotatable bonds is 5. The first-order valence-electron chi connectivity index (χ1n) is 18.4. The zero-order valence-corrected chi connectivity index (χ0v) is 30.3.